The highest BCUT2D eigenvalue weighted by molar-refractivity contribution is 7.94. The second-order valence-corrected chi connectivity index (χ2v) is 9.08. The molecule has 4 aromatic carbocycles. The van der Waals surface area contributed by atoms with Crippen molar-refractivity contribution in [2.24, 2.45) is 20.5 Å². The first-order valence-electron chi connectivity index (χ1n) is 11.7. The van der Waals surface area contributed by atoms with Gasteiger partial charge >= 0.3 is 17.3 Å². The van der Waals surface area contributed by atoms with Crippen LogP contribution in [0.2, 0.25) is 0 Å². The Kier molecular flexibility index (Phi) is 8.21. The Morgan fingerprint density at radius 1 is 0.833 bits per heavy atom. The van der Waals surface area contributed by atoms with Crippen molar-refractivity contribution in [2.75, 3.05) is 0 Å². The molecule has 0 saturated carbocycles. The van der Waals surface area contributed by atoms with Gasteiger partial charge in [0, 0.05) is 15.8 Å². The number of carbonyl (C=O) groups is 1. The molecule has 42 heavy (non-hydrogen) atoms. The molecule has 5 rings (SSSR count). The van der Waals surface area contributed by atoms with Crippen molar-refractivity contribution in [3.8, 4) is 17.1 Å². The van der Waals surface area contributed by atoms with Crippen molar-refractivity contribution in [3.05, 3.63) is 99.3 Å². The largest absolute Gasteiger partial charge is 0.505 e. The number of benzene rings is 4. The number of nitrogens with one attached hydrogen (secondary N) is 2. The summed E-state index contributed by atoms with van der Waals surface area (Å²) in [6.45, 7) is 0. The molecule has 0 spiro atoms. The molecule has 1 aromatic heterocycles. The van der Waals surface area contributed by atoms with E-state index in [1.807, 2.05) is 4.98 Å². The Morgan fingerprint density at radius 2 is 1.52 bits per heavy atom. The number of rotatable bonds is 9. The lowest BCUT2D eigenvalue weighted by Gasteiger charge is -2.09. The van der Waals surface area contributed by atoms with E-state index in [4.69, 9.17) is 5.26 Å². The summed E-state index contributed by atoms with van der Waals surface area (Å²) in [6, 6.07) is 18.6. The summed E-state index contributed by atoms with van der Waals surface area (Å²) >= 11 is 0.779. The summed E-state index contributed by atoms with van der Waals surface area (Å²) in [6.07, 6.45) is 0. The predicted molar refractivity (Wildman–Crippen MR) is 149 cm³/mol. The number of azo groups is 2. The molecule has 0 unspecified atom stereocenters. The number of phenolic OH excluding ortho intramolecular Hbond substituents is 1. The number of hydrogen-bond acceptors (Lipinski definition) is 13. The summed E-state index contributed by atoms with van der Waals surface area (Å²) in [7, 11) is 0. The number of nitrogens with zero attached hydrogens (tertiary/aromatic N) is 5. The van der Waals surface area contributed by atoms with E-state index < -0.39 is 17.3 Å². The van der Waals surface area contributed by atoms with Crippen LogP contribution in [0.1, 0.15) is 10.4 Å². The zero-order chi connectivity index (χ0) is 29.6. The Morgan fingerprint density at radius 3 is 2.24 bits per heavy atom. The van der Waals surface area contributed by atoms with Gasteiger partial charge in [-0.05, 0) is 53.9 Å². The Labute approximate surface area is 237 Å². The third kappa shape index (κ3) is 6.26. The fourth-order valence-corrected chi connectivity index (χ4v) is 4.19. The SMILES string of the molecule is O=C(O)c1cc(N=Nc2ccc(SOOO)cc2)ccc1N=Nc1cc(-c2nc(=O)[nH]c(=O)[nH]2)c2ccccc2c1O. The van der Waals surface area contributed by atoms with Crippen molar-refractivity contribution in [2.45, 2.75) is 4.90 Å². The molecule has 0 fully saturated rings. The minimum absolute atomic E-state index is 0.0364. The number of phenols is 1. The summed E-state index contributed by atoms with van der Waals surface area (Å²) in [5, 5.41) is 49.5. The molecule has 5 N–H and O–H groups in total. The molecule has 16 heteroatoms. The zero-order valence-electron chi connectivity index (χ0n) is 21.0. The van der Waals surface area contributed by atoms with E-state index in [9.17, 15) is 24.6 Å². The van der Waals surface area contributed by atoms with Gasteiger partial charge in [0.2, 0.25) is 0 Å². The number of aromatic hydroxyl groups is 1. The first-order chi connectivity index (χ1) is 20.3. The third-order valence-corrected chi connectivity index (χ3v) is 6.26. The van der Waals surface area contributed by atoms with Gasteiger partial charge in [0.25, 0.3) is 0 Å². The molecule has 1 heterocycles. The van der Waals surface area contributed by atoms with E-state index in [-0.39, 0.29) is 39.8 Å². The highest BCUT2D eigenvalue weighted by Gasteiger charge is 2.16. The number of carboxylic acid groups (broad SMARTS) is 1. The zero-order valence-corrected chi connectivity index (χ0v) is 21.8. The van der Waals surface area contributed by atoms with Crippen molar-refractivity contribution < 1.29 is 29.6 Å². The lowest BCUT2D eigenvalue weighted by atomic mass is 10.0. The molecule has 5 aromatic rings. The van der Waals surface area contributed by atoms with Gasteiger partial charge in [-0.3, -0.25) is 9.97 Å². The van der Waals surface area contributed by atoms with Crippen LogP contribution in [0.5, 0.6) is 5.75 Å². The minimum Gasteiger partial charge on any atom is -0.505 e. The van der Waals surface area contributed by atoms with Crippen LogP contribution >= 0.6 is 12.0 Å². The maximum Gasteiger partial charge on any atom is 0.351 e. The standard InChI is InChI=1S/C26H17N7O8S/c34-22-17-4-2-1-3-16(17)18(23-27-25(37)29-26(38)28-23)12-21(22)33-32-20-10-7-14(11-19(20)24(35)36)31-30-13-5-8-15(9-6-13)42-41-40-39/h1-12,34,39H,(H,35,36)(H2,27,28,29,37,38). The number of hydrogen-bond donors (Lipinski definition) is 5. The molecule has 15 nitrogen and oxygen atoms in total. The highest BCUT2D eigenvalue weighted by atomic mass is 32.2. The summed E-state index contributed by atoms with van der Waals surface area (Å²) in [4.78, 5) is 44.5. The lowest BCUT2D eigenvalue weighted by Crippen LogP contribution is -2.25. The van der Waals surface area contributed by atoms with Gasteiger partial charge in [0.15, 0.2) is 5.75 Å². The molecule has 0 atom stereocenters. The van der Waals surface area contributed by atoms with Crippen LogP contribution in [0.3, 0.4) is 0 Å². The molecule has 0 aliphatic rings. The van der Waals surface area contributed by atoms with Crippen LogP contribution in [0, 0.1) is 0 Å². The fourth-order valence-electron chi connectivity index (χ4n) is 3.83. The first-order valence-corrected chi connectivity index (χ1v) is 12.5. The van der Waals surface area contributed by atoms with Crippen LogP contribution in [-0.4, -0.2) is 36.4 Å². The number of aromatic amines is 2. The van der Waals surface area contributed by atoms with Gasteiger partial charge in [-0.2, -0.15) is 15.2 Å². The first kappa shape index (κ1) is 28.0. The average Bonchev–Trinajstić information content (AvgIpc) is 2.99. The minimum atomic E-state index is -1.30. The van der Waals surface area contributed by atoms with E-state index >= 15 is 0 Å². The van der Waals surface area contributed by atoms with E-state index in [1.54, 1.807) is 48.5 Å². The Bertz CT molecular complexity index is 1950. The number of carboxylic acids is 1. The van der Waals surface area contributed by atoms with E-state index in [0.717, 1.165) is 12.0 Å². The molecular formula is C26H17N7O8S. The van der Waals surface area contributed by atoms with Crippen LogP contribution in [0.25, 0.3) is 22.2 Å². The van der Waals surface area contributed by atoms with Gasteiger partial charge in [0.1, 0.15) is 17.2 Å². The summed E-state index contributed by atoms with van der Waals surface area (Å²) in [5.41, 5.74) is -0.996. The van der Waals surface area contributed by atoms with Gasteiger partial charge in [-0.15, -0.1) is 14.6 Å². The highest BCUT2D eigenvalue weighted by Crippen LogP contribution is 2.41. The van der Waals surface area contributed by atoms with E-state index in [1.165, 1.54) is 24.3 Å². The second kappa shape index (κ2) is 12.3. The molecule has 0 aliphatic heterocycles. The fraction of sp³-hybridized carbons (Fsp3) is 0. The smallest absolute Gasteiger partial charge is 0.351 e. The summed E-state index contributed by atoms with van der Waals surface area (Å²) in [5.74, 6) is -1.62. The Balaban J connectivity index is 1.48. The second-order valence-electron chi connectivity index (χ2n) is 8.31. The number of aromatic nitrogens is 3. The predicted octanol–water partition coefficient (Wildman–Crippen LogP) is 5.94. The van der Waals surface area contributed by atoms with Gasteiger partial charge in [-0.25, -0.2) is 19.6 Å². The van der Waals surface area contributed by atoms with Gasteiger partial charge in [-0.1, -0.05) is 29.3 Å². The van der Waals surface area contributed by atoms with Crippen molar-refractivity contribution >= 4 is 51.5 Å². The van der Waals surface area contributed by atoms with Gasteiger partial charge in [0.05, 0.1) is 29.0 Å². The number of H-pyrrole nitrogens is 2. The van der Waals surface area contributed by atoms with Crippen LogP contribution < -0.4 is 11.4 Å². The maximum absolute atomic E-state index is 12.0. The normalized spacial score (nSPS) is 11.5. The molecule has 0 bridgehead atoms. The van der Waals surface area contributed by atoms with Crippen LogP contribution in [0.15, 0.2) is 108 Å². The van der Waals surface area contributed by atoms with Crippen molar-refractivity contribution in [1.29, 1.82) is 0 Å². The quantitative estimate of drug-likeness (QED) is 0.0590. The van der Waals surface area contributed by atoms with E-state index in [2.05, 4.69) is 39.8 Å². The van der Waals surface area contributed by atoms with Crippen LogP contribution in [-0.2, 0) is 9.37 Å². The number of aromatic carboxylic acids is 1. The molecule has 0 aliphatic carbocycles. The van der Waals surface area contributed by atoms with E-state index in [0.29, 0.717) is 21.4 Å². The molecular weight excluding hydrogens is 570 g/mol. The van der Waals surface area contributed by atoms with Crippen LogP contribution in [0.4, 0.5) is 22.7 Å². The average molecular weight is 588 g/mol. The third-order valence-electron chi connectivity index (χ3n) is 5.67. The maximum atomic E-state index is 12.0. The topological polar surface area (TPSA) is 224 Å². The Hall–Kier alpha value is -5.55. The van der Waals surface area contributed by atoms with Crippen molar-refractivity contribution in [1.82, 2.24) is 15.0 Å². The number of fused-ring (bicyclic) bond motifs is 1. The lowest BCUT2D eigenvalue weighted by molar-refractivity contribution is -0.432. The molecule has 210 valence electrons. The monoisotopic (exact) mass is 587 g/mol. The molecule has 0 saturated heterocycles. The summed E-state index contributed by atoms with van der Waals surface area (Å²) < 4.78 is 4.35. The van der Waals surface area contributed by atoms with Gasteiger partial charge < -0.3 is 10.2 Å². The van der Waals surface area contributed by atoms with Crippen molar-refractivity contribution in [3.63, 3.8) is 0 Å². The molecule has 0 radical (unpaired) electrons. The molecule has 0 amide bonds.